The van der Waals surface area contributed by atoms with Gasteiger partial charge in [-0.2, -0.15) is 0 Å². The average Bonchev–Trinajstić information content (AvgIpc) is 2.83. The van der Waals surface area contributed by atoms with Crippen LogP contribution in [-0.2, 0) is 17.8 Å². The molecule has 1 N–H and O–H groups in total. The fraction of sp³-hybridized carbons (Fsp3) is 0.296. The molecule has 1 aromatic heterocycles. The maximum absolute atomic E-state index is 14.3. The third kappa shape index (κ3) is 4.78. The molecule has 1 aliphatic heterocycles. The van der Waals surface area contributed by atoms with Crippen LogP contribution in [0, 0.1) is 19.7 Å². The van der Waals surface area contributed by atoms with E-state index in [1.807, 2.05) is 32.0 Å². The highest BCUT2D eigenvalue weighted by molar-refractivity contribution is 5.94. The Morgan fingerprint density at radius 2 is 1.94 bits per heavy atom. The van der Waals surface area contributed by atoms with Gasteiger partial charge in [0.15, 0.2) is 0 Å². The van der Waals surface area contributed by atoms with Crippen molar-refractivity contribution in [1.29, 1.82) is 0 Å². The summed E-state index contributed by atoms with van der Waals surface area (Å²) >= 11 is 0. The molecule has 1 unspecified atom stereocenters. The molecule has 0 saturated heterocycles. The zero-order chi connectivity index (χ0) is 24.4. The predicted octanol–water partition coefficient (Wildman–Crippen LogP) is 4.65. The predicted molar refractivity (Wildman–Crippen MR) is 126 cm³/mol. The Balaban J connectivity index is 1.66. The first-order valence-corrected chi connectivity index (χ1v) is 11.2. The highest BCUT2D eigenvalue weighted by atomic mass is 19.1. The van der Waals surface area contributed by atoms with Gasteiger partial charge in [0, 0.05) is 31.3 Å². The summed E-state index contributed by atoms with van der Waals surface area (Å²) in [5, 5.41) is 9.59. The van der Waals surface area contributed by atoms with Crippen molar-refractivity contribution in [2.24, 2.45) is 0 Å². The second-order valence-corrected chi connectivity index (χ2v) is 8.72. The maximum atomic E-state index is 14.3. The molecule has 0 fully saturated rings. The number of aryl methyl sites for hydroxylation is 2. The third-order valence-electron chi connectivity index (χ3n) is 6.37. The molecule has 0 aliphatic carbocycles. The Hall–Kier alpha value is -3.74. The minimum atomic E-state index is -0.912. The quantitative estimate of drug-likeness (QED) is 0.577. The van der Waals surface area contributed by atoms with Gasteiger partial charge in [-0.25, -0.2) is 9.37 Å². The molecule has 1 atom stereocenters. The van der Waals surface area contributed by atoms with E-state index in [2.05, 4.69) is 4.98 Å². The van der Waals surface area contributed by atoms with E-state index in [0.717, 1.165) is 33.4 Å². The number of ether oxygens (including phenoxy) is 1. The number of benzene rings is 2. The van der Waals surface area contributed by atoms with Crippen LogP contribution < -0.4 is 4.74 Å². The van der Waals surface area contributed by atoms with Crippen molar-refractivity contribution in [3.63, 3.8) is 0 Å². The first kappa shape index (κ1) is 23.4. The molecular weight excluding hydrogens is 435 g/mol. The molecule has 6 nitrogen and oxygen atoms in total. The van der Waals surface area contributed by atoms with E-state index in [9.17, 15) is 19.1 Å². The molecule has 1 amide bonds. The van der Waals surface area contributed by atoms with E-state index in [4.69, 9.17) is 4.74 Å². The summed E-state index contributed by atoms with van der Waals surface area (Å²) < 4.78 is 19.5. The summed E-state index contributed by atoms with van der Waals surface area (Å²) in [4.78, 5) is 30.7. The van der Waals surface area contributed by atoms with Crippen LogP contribution in [0.1, 0.15) is 56.1 Å². The van der Waals surface area contributed by atoms with Gasteiger partial charge in [0.2, 0.25) is 5.88 Å². The first-order chi connectivity index (χ1) is 16.3. The Labute approximate surface area is 198 Å². The third-order valence-corrected chi connectivity index (χ3v) is 6.37. The van der Waals surface area contributed by atoms with Crippen LogP contribution in [0.3, 0.4) is 0 Å². The molecule has 3 aromatic rings. The molecule has 0 bridgehead atoms. The van der Waals surface area contributed by atoms with Crippen LogP contribution in [0.2, 0.25) is 0 Å². The largest absolute Gasteiger partial charge is 0.481 e. The monoisotopic (exact) mass is 462 g/mol. The lowest BCUT2D eigenvalue weighted by molar-refractivity contribution is -0.137. The normalized spacial score (nSPS) is 13.8. The minimum absolute atomic E-state index is 0.0725. The lowest BCUT2D eigenvalue weighted by Gasteiger charge is -2.30. The highest BCUT2D eigenvalue weighted by Gasteiger charge is 2.26. The summed E-state index contributed by atoms with van der Waals surface area (Å²) in [7, 11) is 1.54. The number of carbonyl (C=O) groups is 2. The molecular formula is C27H27FN2O4. The number of methoxy groups -OCH3 is 1. The van der Waals surface area contributed by atoms with Gasteiger partial charge in [0.1, 0.15) is 5.82 Å². The summed E-state index contributed by atoms with van der Waals surface area (Å²) in [6.45, 7) is 4.57. The van der Waals surface area contributed by atoms with Crippen molar-refractivity contribution in [2.45, 2.75) is 39.2 Å². The Bertz CT molecular complexity index is 1260. The van der Waals surface area contributed by atoms with Gasteiger partial charge >= 0.3 is 5.97 Å². The Kier molecular flexibility index (Phi) is 6.63. The number of hydrogen-bond acceptors (Lipinski definition) is 4. The minimum Gasteiger partial charge on any atom is -0.481 e. The number of aromatic nitrogens is 1. The van der Waals surface area contributed by atoms with Crippen LogP contribution in [0.4, 0.5) is 4.39 Å². The number of carbonyl (C=O) groups excluding carboxylic acids is 1. The van der Waals surface area contributed by atoms with E-state index in [0.29, 0.717) is 25.4 Å². The zero-order valence-electron chi connectivity index (χ0n) is 19.5. The van der Waals surface area contributed by atoms with Crippen LogP contribution in [0.5, 0.6) is 5.88 Å². The van der Waals surface area contributed by atoms with Gasteiger partial charge in [-0.05, 0) is 60.2 Å². The van der Waals surface area contributed by atoms with E-state index in [-0.39, 0.29) is 17.9 Å². The Morgan fingerprint density at radius 1 is 1.15 bits per heavy atom. The number of carboxylic acids is 1. The van der Waals surface area contributed by atoms with E-state index < -0.39 is 17.7 Å². The standard InChI is InChI=1S/C27H27FN2O4/c1-16-4-7-24(28)22(10-16)27(33)30-9-8-18-5-6-19(12-20(18)15-30)21(13-26(31)32)23-14-29-25(34-3)11-17(23)2/h4-7,10-12,14,21H,8-9,13,15H2,1-3H3,(H,31,32). The van der Waals surface area contributed by atoms with E-state index in [1.54, 1.807) is 29.3 Å². The van der Waals surface area contributed by atoms with Gasteiger partial charge in [0.05, 0.1) is 19.1 Å². The molecule has 34 heavy (non-hydrogen) atoms. The van der Waals surface area contributed by atoms with E-state index in [1.165, 1.54) is 13.2 Å². The van der Waals surface area contributed by atoms with Gasteiger partial charge in [-0.15, -0.1) is 0 Å². The van der Waals surface area contributed by atoms with E-state index >= 15 is 0 Å². The number of hydrogen-bond donors (Lipinski definition) is 1. The first-order valence-electron chi connectivity index (χ1n) is 11.2. The van der Waals surface area contributed by atoms with Gasteiger partial charge in [-0.1, -0.05) is 29.8 Å². The molecule has 0 spiro atoms. The van der Waals surface area contributed by atoms with Crippen molar-refractivity contribution in [3.8, 4) is 5.88 Å². The van der Waals surface area contributed by atoms with Crippen molar-refractivity contribution in [1.82, 2.24) is 9.88 Å². The van der Waals surface area contributed by atoms with Gasteiger partial charge in [-0.3, -0.25) is 9.59 Å². The lowest BCUT2D eigenvalue weighted by Crippen LogP contribution is -2.36. The number of nitrogens with zero attached hydrogens (tertiary/aromatic N) is 2. The second-order valence-electron chi connectivity index (χ2n) is 8.72. The number of rotatable bonds is 6. The SMILES string of the molecule is COc1cc(C)c(C(CC(=O)O)c2ccc3c(c2)CN(C(=O)c2cc(C)ccc2F)CC3)cn1. The smallest absolute Gasteiger partial charge is 0.304 e. The highest BCUT2D eigenvalue weighted by Crippen LogP contribution is 2.33. The fourth-order valence-electron chi connectivity index (χ4n) is 4.54. The number of amides is 1. The molecule has 0 saturated carbocycles. The lowest BCUT2D eigenvalue weighted by atomic mass is 9.84. The molecule has 7 heteroatoms. The molecule has 176 valence electrons. The fourth-order valence-corrected chi connectivity index (χ4v) is 4.54. The summed E-state index contributed by atoms with van der Waals surface area (Å²) in [5.74, 6) is -1.71. The van der Waals surface area contributed by atoms with Crippen LogP contribution >= 0.6 is 0 Å². The zero-order valence-corrected chi connectivity index (χ0v) is 19.5. The van der Waals surface area contributed by atoms with Crippen LogP contribution in [0.25, 0.3) is 0 Å². The molecule has 1 aliphatic rings. The van der Waals surface area contributed by atoms with Gasteiger partial charge in [0.25, 0.3) is 5.91 Å². The molecule has 0 radical (unpaired) electrons. The maximum Gasteiger partial charge on any atom is 0.304 e. The van der Waals surface area contributed by atoms with Crippen molar-refractivity contribution in [2.75, 3.05) is 13.7 Å². The number of carboxylic acid groups (broad SMARTS) is 1. The van der Waals surface area contributed by atoms with Crippen molar-refractivity contribution >= 4 is 11.9 Å². The summed E-state index contributed by atoms with van der Waals surface area (Å²) in [6.07, 6.45) is 2.23. The number of pyridine rings is 1. The topological polar surface area (TPSA) is 79.7 Å². The molecule has 4 rings (SSSR count). The number of aliphatic carboxylic acids is 1. The molecule has 2 heterocycles. The van der Waals surface area contributed by atoms with Crippen molar-refractivity contribution in [3.05, 3.63) is 93.4 Å². The van der Waals surface area contributed by atoms with Crippen molar-refractivity contribution < 1.29 is 23.8 Å². The number of halogens is 1. The van der Waals surface area contributed by atoms with Gasteiger partial charge < -0.3 is 14.7 Å². The Morgan fingerprint density at radius 3 is 2.65 bits per heavy atom. The van der Waals surface area contributed by atoms with Crippen LogP contribution in [0.15, 0.2) is 48.7 Å². The average molecular weight is 463 g/mol. The summed E-state index contributed by atoms with van der Waals surface area (Å²) in [6, 6.07) is 12.3. The molecule has 2 aromatic carbocycles. The second kappa shape index (κ2) is 9.63. The summed E-state index contributed by atoms with van der Waals surface area (Å²) in [5.41, 5.74) is 5.49. The number of fused-ring (bicyclic) bond motifs is 1. The van der Waals surface area contributed by atoms with Crippen LogP contribution in [-0.4, -0.2) is 40.5 Å².